The van der Waals surface area contributed by atoms with Gasteiger partial charge in [0.1, 0.15) is 51.9 Å². The molecular weight excluding hydrogens is 921 g/mol. The number of carbonyl (C=O) groups excluding carboxylic acids is 9. The van der Waals surface area contributed by atoms with Gasteiger partial charge in [-0.05, 0) is 173 Å². The number of aliphatic carboxylic acids is 1. The Morgan fingerprint density at radius 1 is 0.479 bits per heavy atom. The number of rotatable bonds is 25. The molecule has 4 atom stereocenters. The SMILES string of the molecule is CC(C)(N)C(=O)NC(C)(C)C(=O)N[C@@H](CCCCN)C(=O)N1CCCC[C@H]1C(=O)NC(C)(C)C(=O)NC(C)(C)C(=O)N[C@@H](CCCCN)C(=O)N1CCCC[C@H]1C(=O)NC(C)(C)C(=O)NC(C)(C)C(=O)O. The van der Waals surface area contributed by atoms with Crippen molar-refractivity contribution in [1.29, 1.82) is 0 Å². The number of carbonyl (C=O) groups is 10. The maximum atomic E-state index is 14.4. The van der Waals surface area contributed by atoms with Crippen LogP contribution in [-0.2, 0) is 47.9 Å². The number of likely N-dealkylation sites (tertiary alicyclic amines) is 2. The number of nitrogens with two attached hydrogens (primary N) is 3. The monoisotopic (exact) mass is 1010 g/mol. The van der Waals surface area contributed by atoms with Crippen molar-refractivity contribution in [2.45, 2.75) is 218 Å². The number of hydrogen-bond donors (Lipinski definition) is 11. The van der Waals surface area contributed by atoms with Crippen LogP contribution in [0, 0.1) is 0 Å². The number of carboxylic acid groups (broad SMARTS) is 1. The predicted molar refractivity (Wildman–Crippen MR) is 265 cm³/mol. The van der Waals surface area contributed by atoms with Crippen molar-refractivity contribution in [3.05, 3.63) is 0 Å². The molecular formula is C48H86N12O11. The van der Waals surface area contributed by atoms with Crippen LogP contribution in [0.25, 0.3) is 0 Å². The molecule has 0 aromatic heterocycles. The van der Waals surface area contributed by atoms with Gasteiger partial charge in [-0.1, -0.05) is 0 Å². The third-order valence-electron chi connectivity index (χ3n) is 12.8. The number of piperidine rings is 2. The van der Waals surface area contributed by atoms with E-state index in [4.69, 9.17) is 17.2 Å². The summed E-state index contributed by atoms with van der Waals surface area (Å²) in [4.78, 5) is 139. The molecule has 0 aromatic carbocycles. The molecule has 9 amide bonds. The normalized spacial score (nSPS) is 18.0. The molecule has 0 radical (unpaired) electrons. The van der Waals surface area contributed by atoms with Crippen molar-refractivity contribution in [3.63, 3.8) is 0 Å². The van der Waals surface area contributed by atoms with Gasteiger partial charge in [0.2, 0.25) is 53.2 Å². The maximum absolute atomic E-state index is 14.4. The fraction of sp³-hybridized carbons (Fsp3) is 0.792. The molecule has 2 aliphatic heterocycles. The smallest absolute Gasteiger partial charge is 0.328 e. The van der Waals surface area contributed by atoms with E-state index in [1.54, 1.807) is 0 Å². The summed E-state index contributed by atoms with van der Waals surface area (Å²) in [6.07, 6.45) is 5.18. The average Bonchev–Trinajstić information content (AvgIpc) is 3.26. The van der Waals surface area contributed by atoms with Crippen molar-refractivity contribution in [3.8, 4) is 0 Å². The molecule has 71 heavy (non-hydrogen) atoms. The van der Waals surface area contributed by atoms with Crippen molar-refractivity contribution in [1.82, 2.24) is 47.0 Å². The first-order valence-corrected chi connectivity index (χ1v) is 24.8. The first-order chi connectivity index (χ1) is 32.6. The van der Waals surface area contributed by atoms with E-state index in [1.165, 1.54) is 92.9 Å². The van der Waals surface area contributed by atoms with Crippen LogP contribution in [0.15, 0.2) is 0 Å². The summed E-state index contributed by atoms with van der Waals surface area (Å²) in [5.41, 5.74) is 8.20. The number of amides is 9. The molecule has 0 aliphatic carbocycles. The van der Waals surface area contributed by atoms with E-state index in [0.29, 0.717) is 64.5 Å². The van der Waals surface area contributed by atoms with Gasteiger partial charge in [-0.3, -0.25) is 43.2 Å². The lowest BCUT2D eigenvalue weighted by Gasteiger charge is -2.40. The quantitative estimate of drug-likeness (QED) is 0.0503. The Kier molecular flexibility index (Phi) is 22.0. The second-order valence-corrected chi connectivity index (χ2v) is 22.2. The molecule has 2 rings (SSSR count). The van der Waals surface area contributed by atoms with Gasteiger partial charge >= 0.3 is 5.97 Å². The molecule has 2 aliphatic rings. The highest BCUT2D eigenvalue weighted by atomic mass is 16.4. The molecule has 0 unspecified atom stereocenters. The lowest BCUT2D eigenvalue weighted by atomic mass is 9.94. The molecule has 0 saturated carbocycles. The third-order valence-corrected chi connectivity index (χ3v) is 12.8. The molecule has 0 spiro atoms. The predicted octanol–water partition coefficient (Wildman–Crippen LogP) is -0.728. The minimum Gasteiger partial charge on any atom is -0.480 e. The zero-order chi connectivity index (χ0) is 54.5. The minimum absolute atomic E-state index is 0.144. The van der Waals surface area contributed by atoms with Gasteiger partial charge < -0.3 is 69.3 Å². The zero-order valence-corrected chi connectivity index (χ0v) is 44.3. The van der Waals surface area contributed by atoms with Crippen molar-refractivity contribution < 1.29 is 53.1 Å². The van der Waals surface area contributed by atoms with Crippen molar-refractivity contribution in [2.24, 2.45) is 17.2 Å². The Labute approximate surface area is 419 Å². The highest BCUT2D eigenvalue weighted by Gasteiger charge is 2.45. The molecule has 23 heteroatoms. The minimum atomic E-state index is -1.67. The highest BCUT2D eigenvalue weighted by molar-refractivity contribution is 6.01. The summed E-state index contributed by atoms with van der Waals surface area (Å²) in [5, 5.41) is 28.2. The van der Waals surface area contributed by atoms with Crippen LogP contribution in [0.4, 0.5) is 0 Å². The summed E-state index contributed by atoms with van der Waals surface area (Å²) >= 11 is 0. The van der Waals surface area contributed by atoms with Crippen LogP contribution >= 0.6 is 0 Å². The molecule has 2 saturated heterocycles. The van der Waals surface area contributed by atoms with E-state index in [2.05, 4.69) is 37.2 Å². The van der Waals surface area contributed by atoms with Crippen LogP contribution in [-0.4, -0.2) is 158 Å². The number of hydrogen-bond acceptors (Lipinski definition) is 13. The Hall–Kier alpha value is -5.42. The number of unbranched alkanes of at least 4 members (excludes halogenated alkanes) is 2. The summed E-state index contributed by atoms with van der Waals surface area (Å²) in [7, 11) is 0. The maximum Gasteiger partial charge on any atom is 0.328 e. The molecule has 0 bridgehead atoms. The Bertz CT molecular complexity index is 1960. The molecule has 14 N–H and O–H groups in total. The second kappa shape index (κ2) is 25.3. The number of nitrogens with one attached hydrogen (secondary N) is 7. The van der Waals surface area contributed by atoms with Gasteiger partial charge in [0.15, 0.2) is 0 Å². The van der Waals surface area contributed by atoms with E-state index in [1.807, 2.05) is 0 Å². The first-order valence-electron chi connectivity index (χ1n) is 24.8. The number of carboxylic acids is 1. The van der Waals surface area contributed by atoms with Gasteiger partial charge in [-0.15, -0.1) is 0 Å². The average molecular weight is 1010 g/mol. The van der Waals surface area contributed by atoms with E-state index >= 15 is 0 Å². The lowest BCUT2D eigenvalue weighted by molar-refractivity contribution is -0.149. The van der Waals surface area contributed by atoms with E-state index in [-0.39, 0.29) is 38.8 Å². The molecule has 23 nitrogen and oxygen atoms in total. The molecule has 2 heterocycles. The van der Waals surface area contributed by atoms with Gasteiger partial charge in [0.05, 0.1) is 5.54 Å². The summed E-state index contributed by atoms with van der Waals surface area (Å²) in [6, 6.07) is -4.27. The van der Waals surface area contributed by atoms with Gasteiger partial charge in [-0.25, -0.2) is 4.79 Å². The first kappa shape index (κ1) is 61.7. The number of nitrogens with zero attached hydrogens (tertiary/aromatic N) is 2. The molecule has 2 fully saturated rings. The Morgan fingerprint density at radius 2 is 0.803 bits per heavy atom. The lowest BCUT2D eigenvalue weighted by Crippen LogP contribution is -2.67. The van der Waals surface area contributed by atoms with E-state index < -0.39 is 117 Å². The van der Waals surface area contributed by atoms with Gasteiger partial charge in [0, 0.05) is 13.1 Å². The summed E-state index contributed by atoms with van der Waals surface area (Å²) < 4.78 is 0. The fourth-order valence-electron chi connectivity index (χ4n) is 7.90. The van der Waals surface area contributed by atoms with Crippen LogP contribution in [0.3, 0.4) is 0 Å². The van der Waals surface area contributed by atoms with Gasteiger partial charge in [0.25, 0.3) is 0 Å². The highest BCUT2D eigenvalue weighted by Crippen LogP contribution is 2.24. The fourth-order valence-corrected chi connectivity index (χ4v) is 7.90. The topological polar surface area (TPSA) is 360 Å². The van der Waals surface area contributed by atoms with Gasteiger partial charge in [-0.2, -0.15) is 0 Å². The van der Waals surface area contributed by atoms with Crippen molar-refractivity contribution >= 4 is 59.1 Å². The van der Waals surface area contributed by atoms with Crippen molar-refractivity contribution in [2.75, 3.05) is 26.2 Å². The second-order valence-electron chi connectivity index (χ2n) is 22.2. The molecule has 0 aromatic rings. The summed E-state index contributed by atoms with van der Waals surface area (Å²) in [5.74, 6) is -7.08. The van der Waals surface area contributed by atoms with E-state index in [9.17, 15) is 53.1 Å². The summed E-state index contributed by atoms with van der Waals surface area (Å²) in [6.45, 7) is 18.2. The largest absolute Gasteiger partial charge is 0.480 e. The Balaban J connectivity index is 2.28. The third kappa shape index (κ3) is 17.7. The standard InChI is InChI=1S/C48H86N12O11/c1-43(2,51)37(65)56-44(3,4)38(66)52-29(21-13-17-25-49)35(63)59-27-19-15-23-31(59)33(61)54-46(7,8)40(68)57-45(5,6)39(67)53-30(22-14-18-26-50)36(64)60-28-20-16-24-32(60)34(62)55-47(9,10)41(69)58-48(11,12)42(70)71/h29-32H,13-28,49-51H2,1-12H3,(H,52,66)(H,53,67)(H,54,61)(H,55,62)(H,56,65)(H,57,68)(H,58,69)(H,70,71)/t29-,30-,31-,32-/m0/s1. The van der Waals surface area contributed by atoms with Crippen LogP contribution in [0.2, 0.25) is 0 Å². The van der Waals surface area contributed by atoms with E-state index in [0.717, 1.165) is 0 Å². The van der Waals surface area contributed by atoms with Crippen LogP contribution in [0.1, 0.15) is 160 Å². The Morgan fingerprint density at radius 3 is 1.13 bits per heavy atom. The van der Waals surface area contributed by atoms with Crippen LogP contribution in [0.5, 0.6) is 0 Å². The molecule has 404 valence electrons. The zero-order valence-electron chi connectivity index (χ0n) is 44.3. The van der Waals surface area contributed by atoms with Crippen LogP contribution < -0.4 is 54.4 Å².